The summed E-state index contributed by atoms with van der Waals surface area (Å²) in [6.07, 6.45) is 1.77. The molecule has 0 aromatic carbocycles. The molecule has 0 spiro atoms. The lowest BCUT2D eigenvalue weighted by Gasteiger charge is -2.08. The fourth-order valence-corrected chi connectivity index (χ4v) is 2.37. The van der Waals surface area contributed by atoms with E-state index < -0.39 is 0 Å². The van der Waals surface area contributed by atoms with Crippen LogP contribution in [-0.4, -0.2) is 9.55 Å². The van der Waals surface area contributed by atoms with Crippen molar-refractivity contribution in [3.05, 3.63) is 49.8 Å². The Kier molecular flexibility index (Phi) is 3.07. The quantitative estimate of drug-likeness (QED) is 0.811. The van der Waals surface area contributed by atoms with E-state index in [1.165, 1.54) is 0 Å². The third-order valence-electron chi connectivity index (χ3n) is 2.50. The van der Waals surface area contributed by atoms with E-state index in [0.29, 0.717) is 6.54 Å². The molecule has 0 bridgehead atoms. The Labute approximate surface area is 103 Å². The predicted molar refractivity (Wildman–Crippen MR) is 66.1 cm³/mol. The van der Waals surface area contributed by atoms with Crippen molar-refractivity contribution in [2.24, 2.45) is 0 Å². The van der Waals surface area contributed by atoms with Crippen molar-refractivity contribution in [2.75, 3.05) is 0 Å². The van der Waals surface area contributed by atoms with Crippen LogP contribution in [0.3, 0.4) is 0 Å². The topological polar surface area (TPSA) is 58.7 Å². The molecule has 2 heterocycles. The molecule has 2 aromatic heterocycles. The van der Waals surface area contributed by atoms with Gasteiger partial charge in [0.1, 0.15) is 11.6 Å². The molecule has 0 saturated carbocycles. The van der Waals surface area contributed by atoms with E-state index in [0.717, 1.165) is 15.6 Å². The van der Waals surface area contributed by atoms with Crippen LogP contribution in [0.1, 0.15) is 21.1 Å². The molecule has 5 heteroatoms. The number of aromatic nitrogens is 2. The summed E-state index contributed by atoms with van der Waals surface area (Å²) in [6, 6.07) is 5.26. The maximum absolute atomic E-state index is 12.0. The summed E-state index contributed by atoms with van der Waals surface area (Å²) in [7, 11) is 0. The van der Waals surface area contributed by atoms with Gasteiger partial charge in [-0.25, -0.2) is 4.98 Å². The van der Waals surface area contributed by atoms with Gasteiger partial charge in [0.05, 0.1) is 11.6 Å². The Balaban J connectivity index is 2.46. The van der Waals surface area contributed by atoms with Crippen LogP contribution in [0.25, 0.3) is 0 Å². The van der Waals surface area contributed by atoms with Crippen LogP contribution in [0.4, 0.5) is 0 Å². The summed E-state index contributed by atoms with van der Waals surface area (Å²) in [5.74, 6) is 0. The van der Waals surface area contributed by atoms with Gasteiger partial charge in [-0.15, -0.1) is 11.3 Å². The van der Waals surface area contributed by atoms with Gasteiger partial charge in [0.25, 0.3) is 5.56 Å². The second-order valence-corrected chi connectivity index (χ2v) is 5.06. The highest BCUT2D eigenvalue weighted by atomic mass is 32.1. The first-order chi connectivity index (χ1) is 8.11. The maximum Gasteiger partial charge on any atom is 0.268 e. The minimum absolute atomic E-state index is 0.178. The molecular formula is C12H11N3OS. The first-order valence-electron chi connectivity index (χ1n) is 5.13. The van der Waals surface area contributed by atoms with E-state index in [4.69, 9.17) is 5.26 Å². The highest BCUT2D eigenvalue weighted by Gasteiger charge is 2.07. The molecule has 17 heavy (non-hydrogen) atoms. The van der Waals surface area contributed by atoms with Crippen LogP contribution < -0.4 is 5.56 Å². The van der Waals surface area contributed by atoms with E-state index in [1.54, 1.807) is 34.2 Å². The Morgan fingerprint density at radius 2 is 2.24 bits per heavy atom. The number of rotatable bonds is 2. The number of aryl methyl sites for hydroxylation is 2. The molecule has 4 nitrogen and oxygen atoms in total. The van der Waals surface area contributed by atoms with Gasteiger partial charge in [-0.05, 0) is 26.0 Å². The Morgan fingerprint density at radius 1 is 1.47 bits per heavy atom. The van der Waals surface area contributed by atoms with Crippen molar-refractivity contribution in [3.8, 4) is 6.07 Å². The van der Waals surface area contributed by atoms with Gasteiger partial charge >= 0.3 is 0 Å². The summed E-state index contributed by atoms with van der Waals surface area (Å²) < 4.78 is 1.60. The lowest BCUT2D eigenvalue weighted by Crippen LogP contribution is -2.24. The molecular weight excluding hydrogens is 234 g/mol. The molecule has 0 radical (unpaired) electrons. The van der Waals surface area contributed by atoms with Crippen molar-refractivity contribution in [3.63, 3.8) is 0 Å². The fourth-order valence-electron chi connectivity index (χ4n) is 1.59. The highest BCUT2D eigenvalue weighted by Crippen LogP contribution is 2.13. The summed E-state index contributed by atoms with van der Waals surface area (Å²) in [5, 5.41) is 9.81. The lowest BCUT2D eigenvalue weighted by atomic mass is 10.2. The van der Waals surface area contributed by atoms with Crippen molar-refractivity contribution in [1.29, 1.82) is 5.26 Å². The monoisotopic (exact) mass is 245 g/mol. The zero-order valence-electron chi connectivity index (χ0n) is 9.60. The third kappa shape index (κ3) is 2.27. The van der Waals surface area contributed by atoms with E-state index in [1.807, 2.05) is 19.9 Å². The molecule has 2 rings (SSSR count). The minimum atomic E-state index is -0.237. The molecule has 0 aliphatic carbocycles. The molecule has 0 atom stereocenters. The second-order valence-electron chi connectivity index (χ2n) is 3.74. The number of hydrogen-bond donors (Lipinski definition) is 0. The number of thiazole rings is 1. The van der Waals surface area contributed by atoms with Crippen LogP contribution in [0, 0.1) is 25.2 Å². The average Bonchev–Trinajstić information content (AvgIpc) is 2.70. The van der Waals surface area contributed by atoms with Crippen LogP contribution in [0.5, 0.6) is 0 Å². The molecule has 2 aromatic rings. The number of nitrogens with zero attached hydrogens (tertiary/aromatic N) is 3. The molecule has 86 valence electrons. The number of pyridine rings is 1. The van der Waals surface area contributed by atoms with Crippen molar-refractivity contribution in [1.82, 2.24) is 9.55 Å². The molecule has 0 aliphatic heterocycles. The minimum Gasteiger partial charge on any atom is -0.307 e. The van der Waals surface area contributed by atoms with Gasteiger partial charge in [-0.1, -0.05) is 0 Å². The average molecular weight is 245 g/mol. The van der Waals surface area contributed by atoms with Gasteiger partial charge in [0.15, 0.2) is 0 Å². The van der Waals surface area contributed by atoms with E-state index >= 15 is 0 Å². The first-order valence-corrected chi connectivity index (χ1v) is 5.95. The molecule has 0 N–H and O–H groups in total. The molecule has 0 unspecified atom stereocenters. The van der Waals surface area contributed by atoms with Crippen molar-refractivity contribution in [2.45, 2.75) is 20.4 Å². The SMILES string of the molecule is Cc1ncc(Cn2c(C)ccc(C#N)c2=O)s1. The first kappa shape index (κ1) is 11.6. The summed E-state index contributed by atoms with van der Waals surface area (Å²) in [5.41, 5.74) is 0.787. The number of hydrogen-bond acceptors (Lipinski definition) is 4. The van der Waals surface area contributed by atoms with Gasteiger partial charge in [0.2, 0.25) is 0 Å². The zero-order valence-corrected chi connectivity index (χ0v) is 10.4. The van der Waals surface area contributed by atoms with Gasteiger partial charge in [-0.3, -0.25) is 4.79 Å². The molecule has 0 aliphatic rings. The van der Waals surface area contributed by atoms with Gasteiger partial charge < -0.3 is 4.57 Å². The largest absolute Gasteiger partial charge is 0.307 e. The van der Waals surface area contributed by atoms with Gasteiger partial charge in [-0.2, -0.15) is 5.26 Å². The van der Waals surface area contributed by atoms with E-state index in [-0.39, 0.29) is 11.1 Å². The zero-order chi connectivity index (χ0) is 12.4. The molecule has 0 fully saturated rings. The van der Waals surface area contributed by atoms with Gasteiger partial charge in [0, 0.05) is 16.8 Å². The van der Waals surface area contributed by atoms with Crippen LogP contribution in [-0.2, 0) is 6.54 Å². The van der Waals surface area contributed by atoms with Crippen molar-refractivity contribution < 1.29 is 0 Å². The summed E-state index contributed by atoms with van der Waals surface area (Å²) in [6.45, 7) is 4.26. The maximum atomic E-state index is 12.0. The second kappa shape index (κ2) is 4.52. The highest BCUT2D eigenvalue weighted by molar-refractivity contribution is 7.11. The van der Waals surface area contributed by atoms with Crippen LogP contribution in [0.15, 0.2) is 23.1 Å². The number of nitriles is 1. The normalized spacial score (nSPS) is 10.2. The van der Waals surface area contributed by atoms with Crippen LogP contribution in [0.2, 0.25) is 0 Å². The standard InChI is InChI=1S/C12H11N3OS/c1-8-3-4-10(5-13)12(16)15(8)7-11-6-14-9(2)17-11/h3-4,6H,7H2,1-2H3. The Morgan fingerprint density at radius 3 is 2.82 bits per heavy atom. The molecule has 0 saturated heterocycles. The fraction of sp³-hybridized carbons (Fsp3) is 0.250. The third-order valence-corrected chi connectivity index (χ3v) is 3.39. The predicted octanol–water partition coefficient (Wildman–Crippen LogP) is 1.84. The van der Waals surface area contributed by atoms with E-state index in [2.05, 4.69) is 4.98 Å². The smallest absolute Gasteiger partial charge is 0.268 e. The van der Waals surface area contributed by atoms with Crippen LogP contribution >= 0.6 is 11.3 Å². The lowest BCUT2D eigenvalue weighted by molar-refractivity contribution is 0.735. The van der Waals surface area contributed by atoms with Crippen molar-refractivity contribution >= 4 is 11.3 Å². The Bertz CT molecular complexity index is 649. The summed E-state index contributed by atoms with van der Waals surface area (Å²) >= 11 is 1.56. The van der Waals surface area contributed by atoms with E-state index in [9.17, 15) is 4.79 Å². The summed E-state index contributed by atoms with van der Waals surface area (Å²) in [4.78, 5) is 17.1. The Hall–Kier alpha value is -1.93. The molecule has 0 amide bonds.